The first-order valence-corrected chi connectivity index (χ1v) is 6.64. The normalized spacial score (nSPS) is 26.5. The minimum atomic E-state index is -5.51. The van der Waals surface area contributed by atoms with E-state index in [1.165, 1.54) is 6.08 Å². The average molecular weight is 271 g/mol. The Morgan fingerprint density at radius 2 is 2.12 bits per heavy atom. The Bertz CT molecular complexity index is 429. The number of hydrogen-bond donors (Lipinski definition) is 0. The van der Waals surface area contributed by atoms with Crippen LogP contribution in [-0.2, 0) is 14.3 Å². The summed E-state index contributed by atoms with van der Waals surface area (Å²) in [5.41, 5.74) is -5.36. The number of rotatable bonds is 2. The van der Waals surface area contributed by atoms with Crippen LogP contribution in [0.1, 0.15) is 19.3 Å². The van der Waals surface area contributed by atoms with E-state index in [0.29, 0.717) is 6.54 Å². The van der Waals surface area contributed by atoms with E-state index < -0.39 is 15.6 Å². The maximum absolute atomic E-state index is 12.1. The van der Waals surface area contributed by atoms with Crippen LogP contribution in [0.15, 0.2) is 11.8 Å². The van der Waals surface area contributed by atoms with Gasteiger partial charge in [-0.1, -0.05) is 0 Å². The Hall–Kier alpha value is -0.760. The lowest BCUT2D eigenvalue weighted by molar-refractivity contribution is -0.0526. The summed E-state index contributed by atoms with van der Waals surface area (Å²) in [7, 11) is -5.51. The fourth-order valence-electron chi connectivity index (χ4n) is 2.16. The van der Waals surface area contributed by atoms with E-state index in [-0.39, 0.29) is 18.2 Å². The lowest BCUT2D eigenvalue weighted by atomic mass is 10.1. The van der Waals surface area contributed by atoms with Crippen molar-refractivity contribution in [3.63, 3.8) is 0 Å². The second kappa shape index (κ2) is 4.16. The second-order valence-corrected chi connectivity index (χ2v) is 5.69. The van der Waals surface area contributed by atoms with Gasteiger partial charge in [0.2, 0.25) is 0 Å². The standard InChI is InChI=1S/C9H12F3NO3S/c10-9(11,12)17(14,15)16-8-3-5-13-4-1-2-7(13)6-8/h3,7H,1-2,4-6H2. The van der Waals surface area contributed by atoms with Crippen LogP contribution in [0.5, 0.6) is 0 Å². The quantitative estimate of drug-likeness (QED) is 0.565. The number of fused-ring (bicyclic) bond motifs is 1. The molecule has 8 heteroatoms. The minimum Gasteiger partial charge on any atom is -0.381 e. The molecule has 0 spiro atoms. The summed E-state index contributed by atoms with van der Waals surface area (Å²) in [6.07, 6.45) is 3.49. The molecule has 1 fully saturated rings. The van der Waals surface area contributed by atoms with Crippen molar-refractivity contribution in [2.24, 2.45) is 0 Å². The lowest BCUT2D eigenvalue weighted by Gasteiger charge is -2.28. The van der Waals surface area contributed by atoms with Crippen LogP contribution in [0.3, 0.4) is 0 Å². The lowest BCUT2D eigenvalue weighted by Crippen LogP contribution is -2.35. The van der Waals surface area contributed by atoms with Crippen molar-refractivity contribution in [1.82, 2.24) is 4.90 Å². The largest absolute Gasteiger partial charge is 0.534 e. The highest BCUT2D eigenvalue weighted by Crippen LogP contribution is 2.32. The third-order valence-electron chi connectivity index (χ3n) is 2.99. The molecule has 0 aromatic carbocycles. The molecule has 0 aromatic rings. The van der Waals surface area contributed by atoms with E-state index >= 15 is 0 Å². The van der Waals surface area contributed by atoms with Crippen LogP contribution in [0.4, 0.5) is 13.2 Å². The highest BCUT2D eigenvalue weighted by molar-refractivity contribution is 7.87. The van der Waals surface area contributed by atoms with E-state index in [1.807, 2.05) is 0 Å². The Morgan fingerprint density at radius 1 is 1.41 bits per heavy atom. The smallest absolute Gasteiger partial charge is 0.381 e. The molecule has 0 bridgehead atoms. The van der Waals surface area contributed by atoms with Crippen LogP contribution in [-0.4, -0.2) is 38.0 Å². The molecule has 0 aromatic heterocycles. The predicted octanol–water partition coefficient (Wildman–Crippen LogP) is 1.60. The second-order valence-electron chi connectivity index (χ2n) is 4.15. The zero-order valence-corrected chi connectivity index (χ0v) is 9.72. The van der Waals surface area contributed by atoms with Gasteiger partial charge in [0.25, 0.3) is 0 Å². The number of hydrogen-bond acceptors (Lipinski definition) is 4. The van der Waals surface area contributed by atoms with Crippen LogP contribution in [0.2, 0.25) is 0 Å². The van der Waals surface area contributed by atoms with Crippen LogP contribution < -0.4 is 0 Å². The molecule has 4 nitrogen and oxygen atoms in total. The Kier molecular flexibility index (Phi) is 3.11. The van der Waals surface area contributed by atoms with Crippen molar-refractivity contribution >= 4 is 10.1 Å². The fraction of sp³-hybridized carbons (Fsp3) is 0.778. The molecule has 2 heterocycles. The molecule has 0 N–H and O–H groups in total. The molecular formula is C9H12F3NO3S. The molecule has 0 radical (unpaired) electrons. The van der Waals surface area contributed by atoms with Gasteiger partial charge in [0.15, 0.2) is 0 Å². The molecule has 2 aliphatic rings. The van der Waals surface area contributed by atoms with Gasteiger partial charge in [0, 0.05) is 19.0 Å². The number of halogens is 3. The zero-order chi connectivity index (χ0) is 12.7. The van der Waals surface area contributed by atoms with Gasteiger partial charge in [-0.3, -0.25) is 4.90 Å². The van der Waals surface area contributed by atoms with E-state index in [2.05, 4.69) is 9.08 Å². The van der Waals surface area contributed by atoms with Crippen LogP contribution in [0, 0.1) is 0 Å². The molecule has 0 aliphatic carbocycles. The summed E-state index contributed by atoms with van der Waals surface area (Å²) in [6, 6.07) is 0.110. The average Bonchev–Trinajstić information content (AvgIpc) is 2.62. The number of nitrogens with zero attached hydrogens (tertiary/aromatic N) is 1. The molecule has 2 rings (SSSR count). The molecule has 0 amide bonds. The molecule has 98 valence electrons. The van der Waals surface area contributed by atoms with Gasteiger partial charge in [-0.2, -0.15) is 21.6 Å². The van der Waals surface area contributed by atoms with Crippen molar-refractivity contribution in [1.29, 1.82) is 0 Å². The van der Waals surface area contributed by atoms with Gasteiger partial charge >= 0.3 is 15.6 Å². The van der Waals surface area contributed by atoms with Crippen molar-refractivity contribution in [3.05, 3.63) is 11.8 Å². The Morgan fingerprint density at radius 3 is 2.76 bits per heavy atom. The van der Waals surface area contributed by atoms with Crippen LogP contribution >= 0.6 is 0 Å². The fourth-order valence-corrected chi connectivity index (χ4v) is 2.67. The monoisotopic (exact) mass is 271 g/mol. The highest BCUT2D eigenvalue weighted by atomic mass is 32.2. The third kappa shape index (κ3) is 2.57. The van der Waals surface area contributed by atoms with Gasteiger partial charge in [0.05, 0.1) is 0 Å². The van der Waals surface area contributed by atoms with E-state index in [9.17, 15) is 21.6 Å². The first-order chi connectivity index (χ1) is 7.79. The molecule has 1 saturated heterocycles. The van der Waals surface area contributed by atoms with Gasteiger partial charge in [-0.05, 0) is 25.5 Å². The predicted molar refractivity (Wildman–Crippen MR) is 53.4 cm³/mol. The highest BCUT2D eigenvalue weighted by Gasteiger charge is 2.49. The third-order valence-corrected chi connectivity index (χ3v) is 3.99. The maximum Gasteiger partial charge on any atom is 0.534 e. The molecule has 1 atom stereocenters. The van der Waals surface area contributed by atoms with Crippen LogP contribution in [0.25, 0.3) is 0 Å². The summed E-state index contributed by atoms with van der Waals surface area (Å²) in [5.74, 6) is -0.0922. The van der Waals surface area contributed by atoms with Gasteiger partial charge in [0.1, 0.15) is 5.76 Å². The molecule has 0 saturated carbocycles. The van der Waals surface area contributed by atoms with Crippen molar-refractivity contribution in [3.8, 4) is 0 Å². The van der Waals surface area contributed by atoms with E-state index in [1.54, 1.807) is 0 Å². The molecule has 17 heavy (non-hydrogen) atoms. The topological polar surface area (TPSA) is 46.6 Å². The SMILES string of the molecule is O=S(=O)(OC1=CCN2CCCC2C1)C(F)(F)F. The maximum atomic E-state index is 12.1. The summed E-state index contributed by atoms with van der Waals surface area (Å²) in [4.78, 5) is 2.10. The molecular weight excluding hydrogens is 259 g/mol. The van der Waals surface area contributed by atoms with Crippen molar-refractivity contribution in [2.75, 3.05) is 13.1 Å². The zero-order valence-electron chi connectivity index (χ0n) is 8.90. The minimum absolute atomic E-state index is 0.0922. The Labute approximate surface area is 97.2 Å². The van der Waals surface area contributed by atoms with Gasteiger partial charge in [-0.25, -0.2) is 0 Å². The first-order valence-electron chi connectivity index (χ1n) is 5.23. The van der Waals surface area contributed by atoms with Crippen molar-refractivity contribution in [2.45, 2.75) is 30.8 Å². The van der Waals surface area contributed by atoms with E-state index in [0.717, 1.165) is 19.4 Å². The summed E-state index contributed by atoms with van der Waals surface area (Å²) in [5, 5.41) is 0. The molecule has 1 unspecified atom stereocenters. The van der Waals surface area contributed by atoms with Gasteiger partial charge in [-0.15, -0.1) is 0 Å². The Balaban J connectivity index is 2.06. The first kappa shape index (κ1) is 12.7. The molecule has 2 aliphatic heterocycles. The van der Waals surface area contributed by atoms with Gasteiger partial charge < -0.3 is 4.18 Å². The summed E-state index contributed by atoms with van der Waals surface area (Å²) >= 11 is 0. The summed E-state index contributed by atoms with van der Waals surface area (Å²) in [6.45, 7) is 1.36. The summed E-state index contributed by atoms with van der Waals surface area (Å²) < 4.78 is 62.1. The van der Waals surface area contributed by atoms with E-state index in [4.69, 9.17) is 0 Å². The number of alkyl halides is 3. The van der Waals surface area contributed by atoms with Crippen molar-refractivity contribution < 1.29 is 25.8 Å².